The van der Waals surface area contributed by atoms with Crippen molar-refractivity contribution in [1.29, 1.82) is 0 Å². The molecule has 1 aromatic rings. The minimum atomic E-state index is -0.496. The quantitative estimate of drug-likeness (QED) is 0.611. The van der Waals surface area contributed by atoms with E-state index in [1.54, 1.807) is 23.1 Å². The van der Waals surface area contributed by atoms with E-state index in [1.165, 1.54) is 21.3 Å². The van der Waals surface area contributed by atoms with Gasteiger partial charge in [0, 0.05) is 13.1 Å². The highest BCUT2D eigenvalue weighted by atomic mass is 32.2. The summed E-state index contributed by atoms with van der Waals surface area (Å²) in [6, 6.07) is 3.35. The zero-order valence-corrected chi connectivity index (χ0v) is 17.4. The van der Waals surface area contributed by atoms with Crippen molar-refractivity contribution in [3.05, 3.63) is 22.6 Å². The summed E-state index contributed by atoms with van der Waals surface area (Å²) < 4.78 is 15.9. The highest BCUT2D eigenvalue weighted by molar-refractivity contribution is 8.18. The summed E-state index contributed by atoms with van der Waals surface area (Å²) in [5.74, 6) is 0.541. The maximum atomic E-state index is 12.6. The number of carbonyl (C=O) groups is 3. The van der Waals surface area contributed by atoms with E-state index in [0.29, 0.717) is 35.9 Å². The molecule has 0 N–H and O–H groups in total. The van der Waals surface area contributed by atoms with Crippen molar-refractivity contribution >= 4 is 34.9 Å². The second-order valence-corrected chi connectivity index (χ2v) is 6.79. The Kier molecular flexibility index (Phi) is 7.33. The minimum Gasteiger partial charge on any atom is -0.493 e. The molecular weight excluding hydrogens is 384 g/mol. The number of imide groups is 1. The molecular formula is C19H24N2O6S. The molecule has 8 nitrogen and oxygen atoms in total. The molecule has 3 amide bonds. The molecule has 0 aromatic heterocycles. The average molecular weight is 408 g/mol. The van der Waals surface area contributed by atoms with Crippen molar-refractivity contribution in [2.24, 2.45) is 0 Å². The number of amides is 3. The van der Waals surface area contributed by atoms with Crippen LogP contribution in [0.25, 0.3) is 6.08 Å². The van der Waals surface area contributed by atoms with E-state index in [2.05, 4.69) is 0 Å². The van der Waals surface area contributed by atoms with Gasteiger partial charge in [0.15, 0.2) is 11.5 Å². The Balaban J connectivity index is 2.29. The third kappa shape index (κ3) is 4.41. The van der Waals surface area contributed by atoms with Gasteiger partial charge in [-0.2, -0.15) is 0 Å². The zero-order chi connectivity index (χ0) is 20.8. The van der Waals surface area contributed by atoms with Gasteiger partial charge in [-0.1, -0.05) is 0 Å². The fourth-order valence-corrected chi connectivity index (χ4v) is 3.62. The van der Waals surface area contributed by atoms with E-state index in [9.17, 15) is 14.4 Å². The van der Waals surface area contributed by atoms with Crippen molar-refractivity contribution in [2.75, 3.05) is 41.0 Å². The molecule has 1 aromatic carbocycles. The number of thioether (sulfide) groups is 1. The van der Waals surface area contributed by atoms with Gasteiger partial charge in [0.1, 0.15) is 6.54 Å². The standard InChI is InChI=1S/C19H24N2O6S/c1-6-20(7-2)16(22)11-21-18(23)15(28-19(21)24)10-12-8-13(25-3)17(27-5)14(9-12)26-4/h8-10H,6-7,11H2,1-5H3/b15-10-. The lowest BCUT2D eigenvalue weighted by Gasteiger charge is -2.21. The van der Waals surface area contributed by atoms with Crippen LogP contribution in [0.1, 0.15) is 19.4 Å². The Morgan fingerprint density at radius 1 is 1.07 bits per heavy atom. The third-order valence-electron chi connectivity index (χ3n) is 4.27. The molecule has 0 bridgehead atoms. The number of rotatable bonds is 8. The van der Waals surface area contributed by atoms with Gasteiger partial charge in [0.05, 0.1) is 26.2 Å². The van der Waals surface area contributed by atoms with E-state index in [0.717, 1.165) is 16.7 Å². The van der Waals surface area contributed by atoms with Crippen LogP contribution >= 0.6 is 11.8 Å². The average Bonchev–Trinajstić information content (AvgIpc) is 2.95. The predicted octanol–water partition coefficient (Wildman–Crippen LogP) is 2.62. The number of likely N-dealkylation sites (N-methyl/N-ethyl adjacent to an activating group) is 1. The van der Waals surface area contributed by atoms with Gasteiger partial charge >= 0.3 is 0 Å². The Morgan fingerprint density at radius 3 is 2.11 bits per heavy atom. The van der Waals surface area contributed by atoms with Gasteiger partial charge < -0.3 is 19.1 Å². The minimum absolute atomic E-state index is 0.228. The van der Waals surface area contributed by atoms with E-state index in [1.807, 2.05) is 13.8 Å². The van der Waals surface area contributed by atoms with Crippen molar-refractivity contribution in [1.82, 2.24) is 9.80 Å². The first kappa shape index (κ1) is 21.6. The first-order valence-corrected chi connectivity index (χ1v) is 9.54. The molecule has 9 heteroatoms. The number of benzene rings is 1. The molecule has 0 spiro atoms. The third-order valence-corrected chi connectivity index (χ3v) is 5.18. The van der Waals surface area contributed by atoms with Gasteiger partial charge in [-0.25, -0.2) is 0 Å². The lowest BCUT2D eigenvalue weighted by atomic mass is 10.1. The van der Waals surface area contributed by atoms with Crippen LogP contribution in [0.3, 0.4) is 0 Å². The number of hydrogen-bond donors (Lipinski definition) is 0. The highest BCUT2D eigenvalue weighted by Gasteiger charge is 2.37. The fraction of sp³-hybridized carbons (Fsp3) is 0.421. The van der Waals surface area contributed by atoms with Gasteiger partial charge in [0.25, 0.3) is 11.1 Å². The van der Waals surface area contributed by atoms with Gasteiger partial charge in [-0.05, 0) is 49.4 Å². The molecule has 1 heterocycles. The van der Waals surface area contributed by atoms with Gasteiger partial charge in [-0.15, -0.1) is 0 Å². The smallest absolute Gasteiger partial charge is 0.294 e. The first-order valence-electron chi connectivity index (χ1n) is 8.73. The molecule has 152 valence electrons. The van der Waals surface area contributed by atoms with Crippen molar-refractivity contribution < 1.29 is 28.6 Å². The van der Waals surface area contributed by atoms with Crippen molar-refractivity contribution in [3.63, 3.8) is 0 Å². The molecule has 0 radical (unpaired) electrons. The number of nitrogens with zero attached hydrogens (tertiary/aromatic N) is 2. The van der Waals surface area contributed by atoms with Crippen LogP contribution in [0.15, 0.2) is 17.0 Å². The zero-order valence-electron chi connectivity index (χ0n) is 16.6. The fourth-order valence-electron chi connectivity index (χ4n) is 2.78. The molecule has 1 fully saturated rings. The predicted molar refractivity (Wildman–Crippen MR) is 107 cm³/mol. The molecule has 2 rings (SSSR count). The molecule has 1 aliphatic heterocycles. The molecule has 0 aliphatic carbocycles. The summed E-state index contributed by atoms with van der Waals surface area (Å²) in [5.41, 5.74) is 0.607. The van der Waals surface area contributed by atoms with Gasteiger partial charge in [-0.3, -0.25) is 19.3 Å². The topological polar surface area (TPSA) is 85.4 Å². The number of carbonyl (C=O) groups excluding carboxylic acids is 3. The van der Waals surface area contributed by atoms with Gasteiger partial charge in [0.2, 0.25) is 11.7 Å². The first-order chi connectivity index (χ1) is 13.4. The molecule has 1 saturated heterocycles. The monoisotopic (exact) mass is 408 g/mol. The van der Waals surface area contributed by atoms with E-state index in [4.69, 9.17) is 14.2 Å². The Bertz CT molecular complexity index is 779. The largest absolute Gasteiger partial charge is 0.493 e. The summed E-state index contributed by atoms with van der Waals surface area (Å²) >= 11 is 0.797. The molecule has 0 unspecified atom stereocenters. The Morgan fingerprint density at radius 2 is 1.64 bits per heavy atom. The summed E-state index contributed by atoms with van der Waals surface area (Å²) in [6.45, 7) is 4.47. The van der Waals surface area contributed by atoms with Crippen molar-refractivity contribution in [2.45, 2.75) is 13.8 Å². The maximum absolute atomic E-state index is 12.6. The van der Waals surface area contributed by atoms with Crippen LogP contribution in [-0.4, -0.2) is 67.8 Å². The SMILES string of the molecule is CCN(CC)C(=O)CN1C(=O)S/C(=C\c2cc(OC)c(OC)c(OC)c2)C1=O. The number of methoxy groups -OCH3 is 3. The van der Waals surface area contributed by atoms with Crippen LogP contribution in [-0.2, 0) is 9.59 Å². The van der Waals surface area contributed by atoms with Crippen LogP contribution < -0.4 is 14.2 Å². The Hall–Kier alpha value is -2.68. The van der Waals surface area contributed by atoms with E-state index in [-0.39, 0.29) is 17.4 Å². The lowest BCUT2D eigenvalue weighted by molar-refractivity contribution is -0.135. The molecule has 0 atom stereocenters. The Labute approximate surface area is 168 Å². The van der Waals surface area contributed by atoms with Crippen LogP contribution in [0.4, 0.5) is 4.79 Å². The number of ether oxygens (including phenoxy) is 3. The van der Waals surface area contributed by atoms with Crippen LogP contribution in [0.2, 0.25) is 0 Å². The summed E-state index contributed by atoms with van der Waals surface area (Å²) in [4.78, 5) is 39.9. The van der Waals surface area contributed by atoms with E-state index >= 15 is 0 Å². The second kappa shape index (κ2) is 9.50. The highest BCUT2D eigenvalue weighted by Crippen LogP contribution is 2.40. The molecule has 28 heavy (non-hydrogen) atoms. The van der Waals surface area contributed by atoms with E-state index < -0.39 is 11.1 Å². The lowest BCUT2D eigenvalue weighted by Crippen LogP contribution is -2.41. The second-order valence-electron chi connectivity index (χ2n) is 5.79. The summed E-state index contributed by atoms with van der Waals surface area (Å²) in [6.07, 6.45) is 1.57. The summed E-state index contributed by atoms with van der Waals surface area (Å²) in [5, 5.41) is -0.468. The molecule has 1 aliphatic rings. The maximum Gasteiger partial charge on any atom is 0.294 e. The summed E-state index contributed by atoms with van der Waals surface area (Å²) in [7, 11) is 4.49. The molecule has 0 saturated carbocycles. The number of hydrogen-bond acceptors (Lipinski definition) is 7. The normalized spacial score (nSPS) is 15.2. The van der Waals surface area contributed by atoms with Crippen LogP contribution in [0.5, 0.6) is 17.2 Å². The van der Waals surface area contributed by atoms with Crippen molar-refractivity contribution in [3.8, 4) is 17.2 Å². The van der Waals surface area contributed by atoms with Crippen LogP contribution in [0, 0.1) is 0 Å².